The summed E-state index contributed by atoms with van der Waals surface area (Å²) in [5, 5.41) is 14.5. The zero-order chi connectivity index (χ0) is 16.2. The maximum absolute atomic E-state index is 10.2. The summed E-state index contributed by atoms with van der Waals surface area (Å²) in [5.41, 5.74) is 2.62. The van der Waals surface area contributed by atoms with Gasteiger partial charge in [-0.25, -0.2) is 9.97 Å². The van der Waals surface area contributed by atoms with Crippen LogP contribution in [0.15, 0.2) is 42.7 Å². The van der Waals surface area contributed by atoms with Crippen LogP contribution in [0.2, 0.25) is 0 Å². The van der Waals surface area contributed by atoms with E-state index in [4.69, 9.17) is 0 Å². The minimum atomic E-state index is 0.0898. The van der Waals surface area contributed by atoms with Gasteiger partial charge in [0.15, 0.2) is 5.82 Å². The number of pyridine rings is 1. The van der Waals surface area contributed by atoms with Gasteiger partial charge < -0.3 is 10.4 Å². The van der Waals surface area contributed by atoms with E-state index >= 15 is 0 Å². The number of nitrogens with zero attached hydrogens (tertiary/aromatic N) is 3. The number of fused-ring (bicyclic) bond motifs is 1. The second-order valence-corrected chi connectivity index (χ2v) is 5.25. The molecule has 0 aliphatic carbocycles. The lowest BCUT2D eigenvalue weighted by molar-refractivity contribution is 0.515. The molecule has 0 fully saturated rings. The van der Waals surface area contributed by atoms with Crippen molar-refractivity contribution in [2.75, 3.05) is 11.9 Å². The van der Waals surface area contributed by atoms with Gasteiger partial charge in [-0.05, 0) is 38.1 Å². The number of hydrogen-bond donors (Lipinski definition) is 2. The highest BCUT2D eigenvalue weighted by Gasteiger charge is 2.08. The molecule has 2 heterocycles. The Kier molecular flexibility index (Phi) is 4.19. The molecule has 3 aromatic rings. The van der Waals surface area contributed by atoms with Crippen molar-refractivity contribution in [3.8, 4) is 0 Å². The van der Waals surface area contributed by atoms with Crippen molar-refractivity contribution in [3.05, 3.63) is 59.7 Å². The number of benzene rings is 1. The minimum absolute atomic E-state index is 0.0898. The van der Waals surface area contributed by atoms with Gasteiger partial charge in [0.2, 0.25) is 0 Å². The summed E-state index contributed by atoms with van der Waals surface area (Å²) in [4.78, 5) is 13.0. The Labute approximate surface area is 134 Å². The monoisotopic (exact) mass is 306 g/mol. The van der Waals surface area contributed by atoms with Crippen LogP contribution in [0.25, 0.3) is 22.7 Å². The van der Waals surface area contributed by atoms with Crippen LogP contribution in [0, 0.1) is 6.92 Å². The number of aliphatic hydroxyl groups excluding tert-OH is 1. The second kappa shape index (κ2) is 6.44. The Bertz CT molecular complexity index is 860. The van der Waals surface area contributed by atoms with Gasteiger partial charge in [0.1, 0.15) is 11.6 Å². The number of nitrogens with one attached hydrogen (secondary N) is 1. The fourth-order valence-electron chi connectivity index (χ4n) is 2.35. The standard InChI is InChI=1S/C18H18N4O/c1-3-20-18-14-9-12(2)6-7-15(14)21-17(22-18)10-16(23)13-5-4-8-19-11-13/h4-11,23H,3H2,1-2H3,(H,20,21,22)/b16-10-. The first kappa shape index (κ1) is 15.0. The van der Waals surface area contributed by atoms with E-state index < -0.39 is 0 Å². The molecule has 1 aromatic carbocycles. The van der Waals surface area contributed by atoms with E-state index in [2.05, 4.69) is 26.3 Å². The summed E-state index contributed by atoms with van der Waals surface area (Å²) < 4.78 is 0. The molecule has 5 heteroatoms. The fourth-order valence-corrected chi connectivity index (χ4v) is 2.35. The van der Waals surface area contributed by atoms with E-state index in [9.17, 15) is 5.11 Å². The summed E-state index contributed by atoms with van der Waals surface area (Å²) in [7, 11) is 0. The van der Waals surface area contributed by atoms with Gasteiger partial charge >= 0.3 is 0 Å². The summed E-state index contributed by atoms with van der Waals surface area (Å²) >= 11 is 0. The van der Waals surface area contributed by atoms with Crippen molar-refractivity contribution in [1.29, 1.82) is 0 Å². The number of rotatable bonds is 4. The predicted molar refractivity (Wildman–Crippen MR) is 93.2 cm³/mol. The third-order valence-corrected chi connectivity index (χ3v) is 3.44. The average Bonchev–Trinajstić information content (AvgIpc) is 2.56. The molecule has 0 aliphatic heterocycles. The maximum Gasteiger partial charge on any atom is 0.158 e. The summed E-state index contributed by atoms with van der Waals surface area (Å²) in [5.74, 6) is 1.32. The summed E-state index contributed by atoms with van der Waals surface area (Å²) in [6, 6.07) is 9.59. The number of anilines is 1. The molecule has 2 N–H and O–H groups in total. The Balaban J connectivity index is 2.09. The van der Waals surface area contributed by atoms with E-state index in [1.807, 2.05) is 26.0 Å². The van der Waals surface area contributed by atoms with Crippen LogP contribution in [-0.4, -0.2) is 26.6 Å². The lowest BCUT2D eigenvalue weighted by atomic mass is 10.1. The highest BCUT2D eigenvalue weighted by Crippen LogP contribution is 2.23. The largest absolute Gasteiger partial charge is 0.507 e. The van der Waals surface area contributed by atoms with Gasteiger partial charge in [0.25, 0.3) is 0 Å². The summed E-state index contributed by atoms with van der Waals surface area (Å²) in [6.45, 7) is 4.82. The van der Waals surface area contributed by atoms with Gasteiger partial charge in [0.05, 0.1) is 5.52 Å². The number of hydrogen-bond acceptors (Lipinski definition) is 5. The topological polar surface area (TPSA) is 70.9 Å². The molecule has 2 aromatic heterocycles. The van der Waals surface area contributed by atoms with Crippen LogP contribution < -0.4 is 5.32 Å². The van der Waals surface area contributed by atoms with E-state index in [0.29, 0.717) is 11.4 Å². The van der Waals surface area contributed by atoms with Gasteiger partial charge in [-0.2, -0.15) is 0 Å². The van der Waals surface area contributed by atoms with E-state index in [-0.39, 0.29) is 5.76 Å². The van der Waals surface area contributed by atoms with Crippen molar-refractivity contribution in [2.45, 2.75) is 13.8 Å². The molecule has 0 saturated carbocycles. The van der Waals surface area contributed by atoms with Crippen LogP contribution in [0.5, 0.6) is 0 Å². The number of aromatic nitrogens is 3. The molecule has 0 radical (unpaired) electrons. The van der Waals surface area contributed by atoms with Gasteiger partial charge in [0, 0.05) is 36.0 Å². The van der Waals surface area contributed by atoms with Crippen LogP contribution in [0.3, 0.4) is 0 Å². The van der Waals surface area contributed by atoms with Crippen LogP contribution in [0.4, 0.5) is 5.82 Å². The van der Waals surface area contributed by atoms with E-state index in [1.165, 1.54) is 0 Å². The van der Waals surface area contributed by atoms with Gasteiger partial charge in [-0.15, -0.1) is 0 Å². The Morgan fingerprint density at radius 2 is 2.13 bits per heavy atom. The quantitative estimate of drug-likeness (QED) is 0.717. The predicted octanol–water partition coefficient (Wildman–Crippen LogP) is 3.82. The molecule has 116 valence electrons. The molecule has 3 rings (SSSR count). The maximum atomic E-state index is 10.2. The highest BCUT2D eigenvalue weighted by atomic mass is 16.3. The van der Waals surface area contributed by atoms with Gasteiger partial charge in [-0.3, -0.25) is 4.98 Å². The lowest BCUT2D eigenvalue weighted by Crippen LogP contribution is -2.03. The molecule has 0 aliphatic rings. The Morgan fingerprint density at radius 1 is 1.26 bits per heavy atom. The van der Waals surface area contributed by atoms with Crippen molar-refractivity contribution in [1.82, 2.24) is 15.0 Å². The smallest absolute Gasteiger partial charge is 0.158 e. The number of aryl methyl sites for hydroxylation is 1. The molecule has 23 heavy (non-hydrogen) atoms. The zero-order valence-electron chi connectivity index (χ0n) is 13.1. The molecule has 0 amide bonds. The zero-order valence-corrected chi connectivity index (χ0v) is 13.1. The van der Waals surface area contributed by atoms with Crippen molar-refractivity contribution in [2.24, 2.45) is 0 Å². The third kappa shape index (κ3) is 3.29. The number of aliphatic hydroxyl groups is 1. The molecule has 0 atom stereocenters. The third-order valence-electron chi connectivity index (χ3n) is 3.44. The molecule has 0 saturated heterocycles. The van der Waals surface area contributed by atoms with E-state index in [1.54, 1.807) is 30.6 Å². The molecule has 5 nitrogen and oxygen atoms in total. The van der Waals surface area contributed by atoms with Crippen molar-refractivity contribution >= 4 is 28.6 Å². The molecule has 0 spiro atoms. The molecular weight excluding hydrogens is 288 g/mol. The molecule has 0 unspecified atom stereocenters. The SMILES string of the molecule is CCNc1nc(/C=C(\O)c2cccnc2)nc2ccc(C)cc12. The van der Waals surface area contributed by atoms with Crippen LogP contribution in [-0.2, 0) is 0 Å². The minimum Gasteiger partial charge on any atom is -0.507 e. The first-order valence-electron chi connectivity index (χ1n) is 7.50. The van der Waals surface area contributed by atoms with Crippen molar-refractivity contribution < 1.29 is 5.11 Å². The lowest BCUT2D eigenvalue weighted by Gasteiger charge is -2.09. The average molecular weight is 306 g/mol. The van der Waals surface area contributed by atoms with Crippen LogP contribution >= 0.6 is 0 Å². The Hall–Kier alpha value is -2.95. The Morgan fingerprint density at radius 3 is 2.87 bits per heavy atom. The molecule has 0 bridgehead atoms. The first-order valence-corrected chi connectivity index (χ1v) is 7.50. The fraction of sp³-hybridized carbons (Fsp3) is 0.167. The summed E-state index contributed by atoms with van der Waals surface area (Å²) in [6.07, 6.45) is 4.81. The van der Waals surface area contributed by atoms with Gasteiger partial charge in [-0.1, -0.05) is 11.6 Å². The second-order valence-electron chi connectivity index (χ2n) is 5.25. The highest BCUT2D eigenvalue weighted by molar-refractivity contribution is 5.90. The normalized spacial score (nSPS) is 11.7. The first-order chi connectivity index (χ1) is 11.2. The molecular formula is C18H18N4O. The van der Waals surface area contributed by atoms with E-state index in [0.717, 1.165) is 28.8 Å². The van der Waals surface area contributed by atoms with Crippen molar-refractivity contribution in [3.63, 3.8) is 0 Å². The van der Waals surface area contributed by atoms with Crippen LogP contribution in [0.1, 0.15) is 23.9 Å².